The molecule has 21 heavy (non-hydrogen) atoms. The van der Waals surface area contributed by atoms with Crippen LogP contribution in [0.25, 0.3) is 11.0 Å². The summed E-state index contributed by atoms with van der Waals surface area (Å²) in [5.74, 6) is -1.31. The Morgan fingerprint density at radius 1 is 1.33 bits per heavy atom. The van der Waals surface area contributed by atoms with E-state index in [9.17, 15) is 14.7 Å². The molecule has 1 aliphatic carbocycles. The largest absolute Gasteiger partial charge is 0.480 e. The van der Waals surface area contributed by atoms with Crippen LogP contribution in [0.3, 0.4) is 0 Å². The van der Waals surface area contributed by atoms with Gasteiger partial charge < -0.3 is 14.8 Å². The minimum absolute atomic E-state index is 0.0105. The minimum Gasteiger partial charge on any atom is -0.480 e. The first-order valence-corrected chi connectivity index (χ1v) is 6.97. The summed E-state index contributed by atoms with van der Waals surface area (Å²) in [6.07, 6.45) is 1.64. The number of carboxylic acid groups (broad SMARTS) is 1. The number of rotatable bonds is 4. The van der Waals surface area contributed by atoms with Gasteiger partial charge in [0, 0.05) is 10.9 Å². The molecule has 0 saturated heterocycles. The average molecular weight is 287 g/mol. The van der Waals surface area contributed by atoms with Crippen molar-refractivity contribution in [1.82, 2.24) is 5.32 Å². The van der Waals surface area contributed by atoms with Crippen LogP contribution in [0, 0.1) is 12.8 Å². The average Bonchev–Trinajstić information content (AvgIpc) is 3.24. The number of amides is 1. The maximum absolute atomic E-state index is 12.4. The Hall–Kier alpha value is -2.30. The molecule has 0 aliphatic heterocycles. The highest BCUT2D eigenvalue weighted by atomic mass is 16.4. The third-order valence-electron chi connectivity index (χ3n) is 4.26. The second-order valence-electron chi connectivity index (χ2n) is 5.79. The molecule has 5 heteroatoms. The molecule has 0 bridgehead atoms. The Balaban J connectivity index is 1.93. The molecular weight excluding hydrogens is 270 g/mol. The quantitative estimate of drug-likeness (QED) is 0.906. The third-order valence-corrected chi connectivity index (χ3v) is 4.26. The predicted octanol–water partition coefficient (Wildman–Crippen LogP) is 2.72. The van der Waals surface area contributed by atoms with Crippen molar-refractivity contribution in [3.63, 3.8) is 0 Å². The van der Waals surface area contributed by atoms with Crippen molar-refractivity contribution in [2.24, 2.45) is 5.92 Å². The zero-order valence-corrected chi connectivity index (χ0v) is 12.0. The molecule has 2 aromatic rings. The molecule has 3 rings (SSSR count). The van der Waals surface area contributed by atoms with E-state index in [0.717, 1.165) is 23.8 Å². The van der Waals surface area contributed by atoms with Crippen LogP contribution >= 0.6 is 0 Å². The van der Waals surface area contributed by atoms with Crippen molar-refractivity contribution in [2.75, 3.05) is 0 Å². The van der Waals surface area contributed by atoms with E-state index in [1.54, 1.807) is 19.9 Å². The molecule has 0 radical (unpaired) electrons. The fourth-order valence-electron chi connectivity index (χ4n) is 2.67. The minimum atomic E-state index is -1.23. The first-order valence-electron chi connectivity index (χ1n) is 6.97. The van der Waals surface area contributed by atoms with Gasteiger partial charge in [-0.15, -0.1) is 0 Å². The zero-order valence-electron chi connectivity index (χ0n) is 12.0. The van der Waals surface area contributed by atoms with Crippen molar-refractivity contribution in [3.05, 3.63) is 35.6 Å². The van der Waals surface area contributed by atoms with Crippen LogP contribution in [-0.4, -0.2) is 22.5 Å². The molecule has 1 aromatic carbocycles. The van der Waals surface area contributed by atoms with Gasteiger partial charge in [-0.2, -0.15) is 0 Å². The van der Waals surface area contributed by atoms with Crippen LogP contribution in [0.5, 0.6) is 0 Å². The van der Waals surface area contributed by atoms with E-state index >= 15 is 0 Å². The monoisotopic (exact) mass is 287 g/mol. The number of aryl methyl sites for hydroxylation is 1. The number of carbonyl (C=O) groups is 2. The first-order chi connectivity index (χ1) is 9.93. The molecule has 5 nitrogen and oxygen atoms in total. The lowest BCUT2D eigenvalue weighted by atomic mass is 9.95. The van der Waals surface area contributed by atoms with Crippen LogP contribution in [-0.2, 0) is 4.79 Å². The standard InChI is InChI=1S/C16H17NO4/c1-9-11-5-3-4-6-12(11)21-13(9)14(18)17-16(2,15(19)20)10-7-8-10/h3-6,10H,7-8H2,1-2H3,(H,17,18)(H,19,20). The third kappa shape index (κ3) is 2.18. The maximum atomic E-state index is 12.4. The Kier molecular flexibility index (Phi) is 3.01. The summed E-state index contributed by atoms with van der Waals surface area (Å²) in [7, 11) is 0. The SMILES string of the molecule is Cc1c(C(=O)NC(C)(C(=O)O)C2CC2)oc2ccccc12. The van der Waals surface area contributed by atoms with Crippen molar-refractivity contribution >= 4 is 22.8 Å². The number of hydrogen-bond acceptors (Lipinski definition) is 3. The first kappa shape index (κ1) is 13.7. The summed E-state index contributed by atoms with van der Waals surface area (Å²) in [6, 6.07) is 7.37. The fourth-order valence-corrected chi connectivity index (χ4v) is 2.67. The van der Waals surface area contributed by atoms with Crippen molar-refractivity contribution in [2.45, 2.75) is 32.2 Å². The van der Waals surface area contributed by atoms with Gasteiger partial charge in [0.2, 0.25) is 0 Å². The van der Waals surface area contributed by atoms with Crippen molar-refractivity contribution < 1.29 is 19.1 Å². The molecule has 1 fully saturated rings. The molecule has 1 unspecified atom stereocenters. The lowest BCUT2D eigenvalue weighted by Gasteiger charge is -2.25. The number of aliphatic carboxylic acids is 1. The van der Waals surface area contributed by atoms with Crippen LogP contribution in [0.15, 0.2) is 28.7 Å². The van der Waals surface area contributed by atoms with E-state index in [1.807, 2.05) is 18.2 Å². The van der Waals surface area contributed by atoms with E-state index in [4.69, 9.17) is 4.42 Å². The molecule has 1 aliphatic rings. The molecule has 2 N–H and O–H groups in total. The maximum Gasteiger partial charge on any atom is 0.329 e. The predicted molar refractivity (Wildman–Crippen MR) is 77.2 cm³/mol. The van der Waals surface area contributed by atoms with Crippen molar-refractivity contribution in [1.29, 1.82) is 0 Å². The van der Waals surface area contributed by atoms with Gasteiger partial charge in [-0.3, -0.25) is 4.79 Å². The second-order valence-corrected chi connectivity index (χ2v) is 5.79. The van der Waals surface area contributed by atoms with E-state index in [-0.39, 0.29) is 11.7 Å². The number of nitrogens with one attached hydrogen (secondary N) is 1. The Labute approximate surface area is 121 Å². The van der Waals surface area contributed by atoms with Gasteiger partial charge in [-0.1, -0.05) is 18.2 Å². The molecule has 1 atom stereocenters. The second kappa shape index (κ2) is 4.62. The fraction of sp³-hybridized carbons (Fsp3) is 0.375. The summed E-state index contributed by atoms with van der Waals surface area (Å²) in [6.45, 7) is 3.36. The number of carbonyl (C=O) groups excluding carboxylic acids is 1. The number of hydrogen-bond donors (Lipinski definition) is 2. The van der Waals surface area contributed by atoms with E-state index in [2.05, 4.69) is 5.32 Å². The molecule has 1 saturated carbocycles. The van der Waals surface area contributed by atoms with E-state index in [0.29, 0.717) is 5.58 Å². The number of para-hydroxylation sites is 1. The molecule has 110 valence electrons. The van der Waals surface area contributed by atoms with Crippen LogP contribution in [0.4, 0.5) is 0 Å². The number of furan rings is 1. The molecule has 1 aromatic heterocycles. The van der Waals surface area contributed by atoms with Crippen LogP contribution < -0.4 is 5.32 Å². The molecule has 1 heterocycles. The van der Waals surface area contributed by atoms with E-state index in [1.165, 1.54) is 0 Å². The normalized spacial score (nSPS) is 17.4. The number of carboxylic acids is 1. The van der Waals surface area contributed by atoms with Gasteiger partial charge in [-0.05, 0) is 38.7 Å². The van der Waals surface area contributed by atoms with Crippen molar-refractivity contribution in [3.8, 4) is 0 Å². The van der Waals surface area contributed by atoms with Gasteiger partial charge in [0.1, 0.15) is 11.1 Å². The molecule has 1 amide bonds. The Bertz CT molecular complexity index is 729. The summed E-state index contributed by atoms with van der Waals surface area (Å²) in [4.78, 5) is 23.9. The van der Waals surface area contributed by atoms with Gasteiger partial charge in [0.25, 0.3) is 5.91 Å². The molecular formula is C16H17NO4. The lowest BCUT2D eigenvalue weighted by molar-refractivity contribution is -0.144. The summed E-state index contributed by atoms with van der Waals surface area (Å²) in [5, 5.41) is 12.9. The zero-order chi connectivity index (χ0) is 15.2. The molecule has 0 spiro atoms. The van der Waals surface area contributed by atoms with Crippen LogP contribution in [0.1, 0.15) is 35.9 Å². The van der Waals surface area contributed by atoms with Gasteiger partial charge in [0.05, 0.1) is 0 Å². The number of fused-ring (bicyclic) bond motifs is 1. The van der Waals surface area contributed by atoms with E-state index < -0.39 is 17.4 Å². The highest BCUT2D eigenvalue weighted by Gasteiger charge is 2.49. The van der Waals surface area contributed by atoms with Crippen LogP contribution in [0.2, 0.25) is 0 Å². The summed E-state index contributed by atoms with van der Waals surface area (Å²) >= 11 is 0. The number of benzene rings is 1. The van der Waals surface area contributed by atoms with Gasteiger partial charge >= 0.3 is 5.97 Å². The highest BCUT2D eigenvalue weighted by Crippen LogP contribution is 2.40. The smallest absolute Gasteiger partial charge is 0.329 e. The van der Waals surface area contributed by atoms with Gasteiger partial charge in [0.15, 0.2) is 5.76 Å². The Morgan fingerprint density at radius 2 is 2.00 bits per heavy atom. The highest BCUT2D eigenvalue weighted by molar-refractivity contribution is 6.01. The summed E-state index contributed by atoms with van der Waals surface area (Å²) in [5.41, 5.74) is 0.123. The summed E-state index contributed by atoms with van der Waals surface area (Å²) < 4.78 is 5.58. The Morgan fingerprint density at radius 3 is 2.57 bits per heavy atom. The lowest BCUT2D eigenvalue weighted by Crippen LogP contribution is -2.54. The topological polar surface area (TPSA) is 79.5 Å². The van der Waals surface area contributed by atoms with Gasteiger partial charge in [-0.25, -0.2) is 4.79 Å².